The van der Waals surface area contributed by atoms with Crippen molar-refractivity contribution in [2.45, 2.75) is 84.7 Å². The molecule has 41 heavy (non-hydrogen) atoms. The fraction of sp³-hybridized carbons (Fsp3) is 0.394. The highest BCUT2D eigenvalue weighted by molar-refractivity contribution is 9.10. The quantitative estimate of drug-likeness (QED) is 0.175. The lowest BCUT2D eigenvalue weighted by Gasteiger charge is -2.38. The van der Waals surface area contributed by atoms with Gasteiger partial charge < -0.3 is 20.1 Å². The molecule has 0 saturated carbocycles. The highest BCUT2D eigenvalue weighted by Gasteiger charge is 2.54. The average Bonchev–Trinajstić information content (AvgIpc) is 3.22. The number of ether oxygens (including phenoxy) is 1. The van der Waals surface area contributed by atoms with Crippen LogP contribution < -0.4 is 0 Å². The summed E-state index contributed by atoms with van der Waals surface area (Å²) in [7, 11) is 0. The number of fused-ring (bicyclic) bond motifs is 1. The van der Waals surface area contributed by atoms with Crippen LogP contribution in [0.15, 0.2) is 39.3 Å². The van der Waals surface area contributed by atoms with Gasteiger partial charge in [-0.2, -0.15) is 0 Å². The van der Waals surface area contributed by atoms with Crippen LogP contribution in [0.2, 0.25) is 0 Å². The summed E-state index contributed by atoms with van der Waals surface area (Å²) >= 11 is 7.39. The summed E-state index contributed by atoms with van der Waals surface area (Å²) in [5.41, 5.74) is 2.95. The zero-order valence-electron chi connectivity index (χ0n) is 23.9. The fourth-order valence-corrected chi connectivity index (χ4v) is 7.50. The van der Waals surface area contributed by atoms with E-state index < -0.39 is 17.5 Å². The Kier molecular flexibility index (Phi) is 9.54. The van der Waals surface area contributed by atoms with Gasteiger partial charge in [0.05, 0.1) is 11.1 Å². The molecule has 3 aromatic rings. The maximum Gasteiger partial charge on any atom is 0.341 e. The summed E-state index contributed by atoms with van der Waals surface area (Å²) in [6.45, 7) is 8.15. The predicted molar refractivity (Wildman–Crippen MR) is 166 cm³/mol. The summed E-state index contributed by atoms with van der Waals surface area (Å²) in [5.74, 6) is -1.83. The van der Waals surface area contributed by atoms with E-state index in [9.17, 15) is 24.9 Å². The van der Waals surface area contributed by atoms with E-state index in [0.29, 0.717) is 75.3 Å². The number of phenols is 2. The van der Waals surface area contributed by atoms with Crippen molar-refractivity contribution in [3.8, 4) is 11.5 Å². The Labute approximate surface area is 258 Å². The van der Waals surface area contributed by atoms with Crippen LogP contribution in [0.1, 0.15) is 113 Å². The van der Waals surface area contributed by atoms with Gasteiger partial charge in [-0.3, -0.25) is 0 Å². The van der Waals surface area contributed by atoms with Crippen molar-refractivity contribution in [1.29, 1.82) is 0 Å². The molecule has 0 aromatic heterocycles. The Balaban J connectivity index is 2.38. The number of phenolic OH excluding ortho intramolecular Hbond substituents is 2. The molecule has 0 radical (unpaired) electrons. The molecule has 0 fully saturated rings. The highest BCUT2D eigenvalue weighted by atomic mass is 79.9. The third-order valence-corrected chi connectivity index (χ3v) is 9.17. The second-order valence-electron chi connectivity index (χ2n) is 10.5. The second-order valence-corrected chi connectivity index (χ2v) is 12.2. The van der Waals surface area contributed by atoms with Crippen molar-refractivity contribution >= 4 is 43.8 Å². The van der Waals surface area contributed by atoms with Crippen LogP contribution >= 0.6 is 31.9 Å². The second kappa shape index (κ2) is 12.6. The highest BCUT2D eigenvalue weighted by Crippen LogP contribution is 2.56. The van der Waals surface area contributed by atoms with Gasteiger partial charge in [-0.1, -0.05) is 97.4 Å². The van der Waals surface area contributed by atoms with Gasteiger partial charge in [0.25, 0.3) is 0 Å². The first-order valence-electron chi connectivity index (χ1n) is 14.3. The normalized spacial score (nSPS) is 13.8. The minimum absolute atomic E-state index is 0.00581. The molecule has 0 atom stereocenters. The molecule has 8 heteroatoms. The van der Waals surface area contributed by atoms with Crippen molar-refractivity contribution in [2.75, 3.05) is 0 Å². The number of carboxylic acid groups (broad SMARTS) is 1. The van der Waals surface area contributed by atoms with Gasteiger partial charge in [0, 0.05) is 36.8 Å². The minimum Gasteiger partial charge on any atom is -0.508 e. The molecule has 0 unspecified atom stereocenters. The number of halogens is 2. The summed E-state index contributed by atoms with van der Waals surface area (Å²) in [6.07, 6.45) is 5.23. The molecule has 0 spiro atoms. The summed E-state index contributed by atoms with van der Waals surface area (Å²) in [5, 5.41) is 32.9. The Morgan fingerprint density at radius 2 is 1.22 bits per heavy atom. The van der Waals surface area contributed by atoms with Gasteiger partial charge in [0.1, 0.15) is 11.5 Å². The Morgan fingerprint density at radius 1 is 0.780 bits per heavy atom. The molecular weight excluding hydrogens is 652 g/mol. The molecule has 218 valence electrons. The van der Waals surface area contributed by atoms with Gasteiger partial charge in [-0.15, -0.1) is 0 Å². The molecule has 6 nitrogen and oxygen atoms in total. The molecule has 1 aliphatic heterocycles. The zero-order valence-corrected chi connectivity index (χ0v) is 27.0. The zero-order chi connectivity index (χ0) is 30.1. The van der Waals surface area contributed by atoms with Crippen LogP contribution in [0.5, 0.6) is 11.5 Å². The predicted octanol–water partition coefficient (Wildman–Crippen LogP) is 8.59. The van der Waals surface area contributed by atoms with Crippen molar-refractivity contribution in [1.82, 2.24) is 0 Å². The van der Waals surface area contributed by atoms with E-state index >= 15 is 0 Å². The third-order valence-electron chi connectivity index (χ3n) is 7.76. The number of rotatable bonds is 11. The lowest BCUT2D eigenvalue weighted by atomic mass is 9.70. The van der Waals surface area contributed by atoms with Gasteiger partial charge in [0.2, 0.25) is 0 Å². The summed E-state index contributed by atoms with van der Waals surface area (Å²) in [4.78, 5) is 26.3. The monoisotopic (exact) mass is 686 g/mol. The molecule has 0 aliphatic carbocycles. The van der Waals surface area contributed by atoms with E-state index in [0.717, 1.165) is 24.0 Å². The maximum atomic E-state index is 13.9. The third kappa shape index (κ3) is 5.18. The van der Waals surface area contributed by atoms with Crippen molar-refractivity contribution in [2.24, 2.45) is 0 Å². The van der Waals surface area contributed by atoms with Gasteiger partial charge in [-0.25, -0.2) is 9.59 Å². The molecule has 3 aromatic carbocycles. The molecule has 1 heterocycles. The Hall–Kier alpha value is -2.84. The molecule has 3 N–H and O–H groups in total. The Bertz CT molecular complexity index is 1380. The van der Waals surface area contributed by atoms with E-state index in [2.05, 4.69) is 45.7 Å². The number of aromatic hydroxyl groups is 2. The first kappa shape index (κ1) is 31.1. The molecule has 4 rings (SSSR count). The number of carbonyl (C=O) groups is 2. The number of carboxylic acids is 1. The first-order chi connectivity index (χ1) is 19.6. The summed E-state index contributed by atoms with van der Waals surface area (Å²) < 4.78 is 7.94. The smallest absolute Gasteiger partial charge is 0.341 e. The van der Waals surface area contributed by atoms with Crippen LogP contribution in [-0.2, 0) is 36.0 Å². The standard InChI is InChI=1S/C33H36Br2O6/c1-5-10-18-24(34)16-26(36)20(12-7-3)29(18)33(23-15-9-14-22(31(38)39)28(23)32(40)41-33)30-19(11-6-2)25(35)17-27(37)21(30)13-8-4/h9,14-17,36-37H,5-8,10-13H2,1-4H3,(H,38,39). The van der Waals surface area contributed by atoms with Crippen LogP contribution in [0, 0.1) is 0 Å². The number of cyclic esters (lactones) is 1. The number of aromatic carboxylic acids is 1. The van der Waals surface area contributed by atoms with Crippen LogP contribution in [0.3, 0.4) is 0 Å². The van der Waals surface area contributed by atoms with E-state index in [-0.39, 0.29) is 22.6 Å². The van der Waals surface area contributed by atoms with E-state index in [1.807, 2.05) is 13.8 Å². The molecule has 1 aliphatic rings. The molecule has 0 amide bonds. The van der Waals surface area contributed by atoms with E-state index in [1.165, 1.54) is 6.07 Å². The largest absolute Gasteiger partial charge is 0.508 e. The first-order valence-corrected chi connectivity index (χ1v) is 15.8. The lowest BCUT2D eigenvalue weighted by Crippen LogP contribution is -2.35. The van der Waals surface area contributed by atoms with Gasteiger partial charge in [-0.05, 0) is 55.0 Å². The average molecular weight is 688 g/mol. The van der Waals surface area contributed by atoms with Crippen LogP contribution in [0.4, 0.5) is 0 Å². The number of esters is 1. The van der Waals surface area contributed by atoms with Crippen molar-refractivity contribution in [3.05, 3.63) is 89.3 Å². The number of carbonyl (C=O) groups excluding carboxylic acids is 1. The number of hydrogen-bond donors (Lipinski definition) is 3. The topological polar surface area (TPSA) is 104 Å². The molecular formula is C33H36Br2O6. The van der Waals surface area contributed by atoms with Gasteiger partial charge >= 0.3 is 11.9 Å². The van der Waals surface area contributed by atoms with Crippen molar-refractivity contribution in [3.63, 3.8) is 0 Å². The fourth-order valence-electron chi connectivity index (χ4n) is 6.28. The lowest BCUT2D eigenvalue weighted by molar-refractivity contribution is 0.0237. The molecule has 0 saturated heterocycles. The number of benzene rings is 3. The van der Waals surface area contributed by atoms with E-state index in [4.69, 9.17) is 4.74 Å². The number of hydrogen-bond acceptors (Lipinski definition) is 5. The van der Waals surface area contributed by atoms with E-state index in [1.54, 1.807) is 24.3 Å². The summed E-state index contributed by atoms with van der Waals surface area (Å²) in [6, 6.07) is 8.18. The molecule has 0 bridgehead atoms. The SMILES string of the molecule is CCCc1c(O)cc(Br)c(CCC)c1C1(c2c(CCC)c(O)cc(Br)c2CCC)OC(=O)c2c(C(=O)O)cccc21. The van der Waals surface area contributed by atoms with Crippen molar-refractivity contribution < 1.29 is 29.6 Å². The van der Waals surface area contributed by atoms with Gasteiger partial charge in [0.15, 0.2) is 5.60 Å². The minimum atomic E-state index is -1.61. The van der Waals surface area contributed by atoms with Crippen LogP contribution in [-0.4, -0.2) is 27.3 Å². The maximum absolute atomic E-state index is 13.9. The van der Waals surface area contributed by atoms with Crippen LogP contribution in [0.25, 0.3) is 0 Å². The Morgan fingerprint density at radius 3 is 1.63 bits per heavy atom.